The van der Waals surface area contributed by atoms with Gasteiger partial charge in [-0.3, -0.25) is 9.69 Å². The largest absolute Gasteiger partial charge is 0.465 e. The highest BCUT2D eigenvalue weighted by atomic mass is 79.9. The van der Waals surface area contributed by atoms with Crippen LogP contribution < -0.4 is 11.1 Å². The Kier molecular flexibility index (Phi) is 4.07. The summed E-state index contributed by atoms with van der Waals surface area (Å²) in [5, 5.41) is 11.4. The molecule has 0 spiro atoms. The number of carbonyl (C=O) groups excluding carboxylic acids is 1. The number of aromatic nitrogens is 1. The number of hydrogen-bond donors (Lipinski definition) is 3. The number of halogens is 2. The molecular formula is C11H12BrFN4O3. The van der Waals surface area contributed by atoms with E-state index in [0.717, 1.165) is 4.90 Å². The van der Waals surface area contributed by atoms with E-state index >= 15 is 0 Å². The first-order valence-corrected chi connectivity index (χ1v) is 6.54. The molecule has 2 atom stereocenters. The number of anilines is 2. The molecule has 1 aliphatic rings. The number of amides is 2. The summed E-state index contributed by atoms with van der Waals surface area (Å²) in [6.07, 6.45) is -2.86. The summed E-state index contributed by atoms with van der Waals surface area (Å²) in [6.45, 7) is -0.311. The lowest BCUT2D eigenvalue weighted by molar-refractivity contribution is -0.120. The summed E-state index contributed by atoms with van der Waals surface area (Å²) in [5.41, 5.74) is 5.89. The standard InChI is InChI=1S/C11H12BrFN4O3/c12-8-2-1-6(14)9(15-8)16-10(18)7-3-5(13)4-17(7)11(19)20/h1-2,5,7H,3-4,14H2,(H,19,20)(H,15,16,18)/t5-,7+/m1/s1. The maximum atomic E-state index is 13.3. The predicted octanol–water partition coefficient (Wildman–Crippen LogP) is 1.46. The van der Waals surface area contributed by atoms with Gasteiger partial charge in [-0.05, 0) is 28.1 Å². The second-order valence-electron chi connectivity index (χ2n) is 4.34. The number of rotatable bonds is 2. The molecule has 7 nitrogen and oxygen atoms in total. The monoisotopic (exact) mass is 346 g/mol. The molecule has 0 bridgehead atoms. The van der Waals surface area contributed by atoms with Crippen molar-refractivity contribution in [2.24, 2.45) is 0 Å². The van der Waals surface area contributed by atoms with Gasteiger partial charge in [-0.2, -0.15) is 0 Å². The van der Waals surface area contributed by atoms with Crippen molar-refractivity contribution in [2.75, 3.05) is 17.6 Å². The van der Waals surface area contributed by atoms with Crippen LogP contribution in [0.4, 0.5) is 20.7 Å². The minimum absolute atomic E-state index is 0.108. The van der Waals surface area contributed by atoms with Crippen molar-refractivity contribution in [3.63, 3.8) is 0 Å². The van der Waals surface area contributed by atoms with Gasteiger partial charge in [-0.25, -0.2) is 14.2 Å². The van der Waals surface area contributed by atoms with Crippen molar-refractivity contribution >= 4 is 39.4 Å². The summed E-state index contributed by atoms with van der Waals surface area (Å²) in [5.74, 6) is -0.540. The minimum Gasteiger partial charge on any atom is -0.465 e. The fourth-order valence-corrected chi connectivity index (χ4v) is 2.30. The normalized spacial score (nSPS) is 21.8. The molecule has 0 aromatic carbocycles. The number of carboxylic acid groups (broad SMARTS) is 1. The van der Waals surface area contributed by atoms with E-state index in [-0.39, 0.29) is 24.5 Å². The average molecular weight is 347 g/mol. The zero-order valence-corrected chi connectivity index (χ0v) is 11.8. The molecule has 1 saturated heterocycles. The molecule has 0 radical (unpaired) electrons. The van der Waals surface area contributed by atoms with E-state index < -0.39 is 24.2 Å². The van der Waals surface area contributed by atoms with Crippen LogP contribution in [0.25, 0.3) is 0 Å². The number of alkyl halides is 1. The Morgan fingerprint density at radius 1 is 1.55 bits per heavy atom. The molecule has 1 aromatic rings. The zero-order chi connectivity index (χ0) is 14.9. The molecule has 1 fully saturated rings. The molecule has 4 N–H and O–H groups in total. The molecule has 0 aliphatic carbocycles. The third-order valence-electron chi connectivity index (χ3n) is 2.93. The van der Waals surface area contributed by atoms with E-state index in [1.807, 2.05) is 0 Å². The van der Waals surface area contributed by atoms with Crippen LogP contribution in [0.2, 0.25) is 0 Å². The molecule has 2 rings (SSSR count). The fraction of sp³-hybridized carbons (Fsp3) is 0.364. The van der Waals surface area contributed by atoms with Crippen molar-refractivity contribution < 1.29 is 19.1 Å². The number of carbonyl (C=O) groups is 2. The molecule has 2 heterocycles. The highest BCUT2D eigenvalue weighted by Gasteiger charge is 2.40. The summed E-state index contributed by atoms with van der Waals surface area (Å²) in [7, 11) is 0. The third-order valence-corrected chi connectivity index (χ3v) is 3.37. The van der Waals surface area contributed by atoms with Gasteiger partial charge in [0.15, 0.2) is 5.82 Å². The molecule has 1 aromatic heterocycles. The van der Waals surface area contributed by atoms with E-state index in [9.17, 15) is 14.0 Å². The number of nitrogens with two attached hydrogens (primary N) is 1. The molecule has 20 heavy (non-hydrogen) atoms. The van der Waals surface area contributed by atoms with E-state index in [4.69, 9.17) is 10.8 Å². The highest BCUT2D eigenvalue weighted by molar-refractivity contribution is 9.10. The number of likely N-dealkylation sites (tertiary alicyclic amines) is 1. The Labute approximate surface area is 122 Å². The summed E-state index contributed by atoms with van der Waals surface area (Å²) in [4.78, 5) is 27.8. The summed E-state index contributed by atoms with van der Waals surface area (Å²) >= 11 is 3.13. The van der Waals surface area contributed by atoms with Gasteiger partial charge in [0.2, 0.25) is 5.91 Å². The van der Waals surface area contributed by atoms with Gasteiger partial charge in [0.25, 0.3) is 0 Å². The number of nitrogen functional groups attached to an aromatic ring is 1. The second kappa shape index (κ2) is 5.61. The fourth-order valence-electron chi connectivity index (χ4n) is 1.99. The maximum Gasteiger partial charge on any atom is 0.408 e. The van der Waals surface area contributed by atoms with Gasteiger partial charge in [0.1, 0.15) is 16.8 Å². The van der Waals surface area contributed by atoms with Crippen LogP contribution in [0.15, 0.2) is 16.7 Å². The van der Waals surface area contributed by atoms with Crippen molar-refractivity contribution in [3.8, 4) is 0 Å². The summed E-state index contributed by atoms with van der Waals surface area (Å²) in [6, 6.07) is 2.05. The number of nitrogens with one attached hydrogen (secondary N) is 1. The average Bonchev–Trinajstić information content (AvgIpc) is 2.76. The van der Waals surface area contributed by atoms with Gasteiger partial charge in [-0.1, -0.05) is 0 Å². The first-order valence-electron chi connectivity index (χ1n) is 5.75. The van der Waals surface area contributed by atoms with Crippen LogP contribution >= 0.6 is 15.9 Å². The Bertz CT molecular complexity index is 556. The number of hydrogen-bond acceptors (Lipinski definition) is 4. The topological polar surface area (TPSA) is 109 Å². The van der Waals surface area contributed by atoms with Crippen molar-refractivity contribution in [2.45, 2.75) is 18.6 Å². The van der Waals surface area contributed by atoms with Crippen LogP contribution in [0, 0.1) is 0 Å². The predicted molar refractivity (Wildman–Crippen MR) is 73.0 cm³/mol. The smallest absolute Gasteiger partial charge is 0.408 e. The third kappa shape index (κ3) is 2.98. The molecule has 1 aliphatic heterocycles. The Balaban J connectivity index is 2.15. The highest BCUT2D eigenvalue weighted by Crippen LogP contribution is 2.24. The van der Waals surface area contributed by atoms with E-state index in [2.05, 4.69) is 26.2 Å². The first kappa shape index (κ1) is 14.5. The van der Waals surface area contributed by atoms with Crippen LogP contribution in [0.5, 0.6) is 0 Å². The quantitative estimate of drug-likeness (QED) is 0.702. The zero-order valence-electron chi connectivity index (χ0n) is 10.2. The van der Waals surface area contributed by atoms with Crippen molar-refractivity contribution in [3.05, 3.63) is 16.7 Å². The molecule has 2 amide bonds. The lowest BCUT2D eigenvalue weighted by Crippen LogP contribution is -2.42. The van der Waals surface area contributed by atoms with Gasteiger partial charge < -0.3 is 16.2 Å². The maximum absolute atomic E-state index is 13.3. The van der Waals surface area contributed by atoms with Gasteiger partial charge >= 0.3 is 6.09 Å². The number of pyridine rings is 1. The van der Waals surface area contributed by atoms with Crippen LogP contribution in [0.3, 0.4) is 0 Å². The molecule has 0 unspecified atom stereocenters. The van der Waals surface area contributed by atoms with E-state index in [1.165, 1.54) is 6.07 Å². The minimum atomic E-state index is -1.35. The first-order chi connectivity index (χ1) is 9.38. The van der Waals surface area contributed by atoms with Gasteiger partial charge in [0, 0.05) is 6.42 Å². The Morgan fingerprint density at radius 3 is 2.90 bits per heavy atom. The lowest BCUT2D eigenvalue weighted by atomic mass is 10.2. The Hall–Kier alpha value is -1.90. The second-order valence-corrected chi connectivity index (χ2v) is 5.16. The lowest BCUT2D eigenvalue weighted by Gasteiger charge is -2.20. The van der Waals surface area contributed by atoms with Crippen LogP contribution in [-0.2, 0) is 4.79 Å². The van der Waals surface area contributed by atoms with Crippen molar-refractivity contribution in [1.29, 1.82) is 0 Å². The van der Waals surface area contributed by atoms with Crippen LogP contribution in [0.1, 0.15) is 6.42 Å². The Morgan fingerprint density at radius 2 is 2.25 bits per heavy atom. The molecule has 0 saturated carbocycles. The van der Waals surface area contributed by atoms with Crippen LogP contribution in [-0.4, -0.2) is 45.7 Å². The van der Waals surface area contributed by atoms with E-state index in [0.29, 0.717) is 4.60 Å². The molecular weight excluding hydrogens is 335 g/mol. The summed E-state index contributed by atoms with van der Waals surface area (Å²) < 4.78 is 13.8. The van der Waals surface area contributed by atoms with Gasteiger partial charge in [0.05, 0.1) is 12.2 Å². The van der Waals surface area contributed by atoms with Crippen molar-refractivity contribution in [1.82, 2.24) is 9.88 Å². The number of nitrogens with zero attached hydrogens (tertiary/aromatic N) is 2. The van der Waals surface area contributed by atoms with Gasteiger partial charge in [-0.15, -0.1) is 0 Å². The molecule has 108 valence electrons. The SMILES string of the molecule is Nc1ccc(Br)nc1NC(=O)[C@@H]1C[C@@H](F)CN1C(=O)O. The van der Waals surface area contributed by atoms with E-state index in [1.54, 1.807) is 6.07 Å². The molecule has 9 heteroatoms.